The zero-order valence-electron chi connectivity index (χ0n) is 11.3. The van der Waals surface area contributed by atoms with Crippen molar-refractivity contribution in [2.45, 2.75) is 13.8 Å². The van der Waals surface area contributed by atoms with E-state index >= 15 is 0 Å². The standard InChI is InChI=1S/C14H15N3O3/c1-3-15-13-9-11(7-8-16-13)20-12-6-4-5-10(2)14(12)17(18)19/h4-9H,3H2,1-2H3,(H,15,16). The lowest BCUT2D eigenvalue weighted by atomic mass is 10.2. The molecule has 20 heavy (non-hydrogen) atoms. The number of nitro groups is 1. The molecular weight excluding hydrogens is 258 g/mol. The predicted octanol–water partition coefficient (Wildman–Crippen LogP) is 3.52. The van der Waals surface area contributed by atoms with E-state index in [1.165, 1.54) is 0 Å². The van der Waals surface area contributed by atoms with Crippen LogP contribution >= 0.6 is 0 Å². The first kappa shape index (κ1) is 13.8. The fraction of sp³-hybridized carbons (Fsp3) is 0.214. The molecule has 6 heteroatoms. The van der Waals surface area contributed by atoms with Crippen molar-refractivity contribution in [2.75, 3.05) is 11.9 Å². The molecule has 104 valence electrons. The maximum Gasteiger partial charge on any atom is 0.314 e. The molecule has 1 aromatic carbocycles. The van der Waals surface area contributed by atoms with Gasteiger partial charge in [0.05, 0.1) is 4.92 Å². The van der Waals surface area contributed by atoms with Crippen molar-refractivity contribution in [1.82, 2.24) is 4.98 Å². The van der Waals surface area contributed by atoms with Gasteiger partial charge >= 0.3 is 5.69 Å². The Morgan fingerprint density at radius 1 is 1.40 bits per heavy atom. The van der Waals surface area contributed by atoms with E-state index < -0.39 is 4.92 Å². The third kappa shape index (κ3) is 3.03. The molecule has 2 aromatic rings. The Balaban J connectivity index is 2.32. The van der Waals surface area contributed by atoms with E-state index in [0.29, 0.717) is 17.1 Å². The van der Waals surface area contributed by atoms with Crippen molar-refractivity contribution in [3.63, 3.8) is 0 Å². The number of aryl methyl sites for hydroxylation is 1. The lowest BCUT2D eigenvalue weighted by Gasteiger charge is -2.09. The minimum Gasteiger partial charge on any atom is -0.450 e. The number of benzene rings is 1. The van der Waals surface area contributed by atoms with Crippen LogP contribution in [0.5, 0.6) is 11.5 Å². The van der Waals surface area contributed by atoms with Gasteiger partial charge < -0.3 is 10.1 Å². The Morgan fingerprint density at radius 2 is 2.20 bits per heavy atom. The number of nitrogens with zero attached hydrogens (tertiary/aromatic N) is 2. The number of hydrogen-bond acceptors (Lipinski definition) is 5. The fourth-order valence-corrected chi connectivity index (χ4v) is 1.83. The molecule has 0 bridgehead atoms. The van der Waals surface area contributed by atoms with Crippen molar-refractivity contribution in [1.29, 1.82) is 0 Å². The van der Waals surface area contributed by atoms with Crippen LogP contribution in [0.4, 0.5) is 11.5 Å². The maximum absolute atomic E-state index is 11.1. The second kappa shape index (κ2) is 6.01. The summed E-state index contributed by atoms with van der Waals surface area (Å²) in [6.45, 7) is 4.38. The first-order valence-electron chi connectivity index (χ1n) is 6.23. The summed E-state index contributed by atoms with van der Waals surface area (Å²) in [5.41, 5.74) is 0.544. The Kier molecular flexibility index (Phi) is 4.14. The van der Waals surface area contributed by atoms with E-state index in [-0.39, 0.29) is 11.4 Å². The fourth-order valence-electron chi connectivity index (χ4n) is 1.83. The molecule has 0 saturated heterocycles. The van der Waals surface area contributed by atoms with Crippen LogP contribution in [0.2, 0.25) is 0 Å². The third-order valence-electron chi connectivity index (χ3n) is 2.70. The molecule has 0 aliphatic heterocycles. The number of nitro benzene ring substituents is 1. The highest BCUT2D eigenvalue weighted by Gasteiger charge is 2.18. The second-order valence-corrected chi connectivity index (χ2v) is 4.19. The van der Waals surface area contributed by atoms with E-state index in [4.69, 9.17) is 4.74 Å². The molecule has 0 radical (unpaired) electrons. The van der Waals surface area contributed by atoms with E-state index in [1.807, 2.05) is 6.92 Å². The average molecular weight is 273 g/mol. The predicted molar refractivity (Wildman–Crippen MR) is 76.3 cm³/mol. The van der Waals surface area contributed by atoms with Gasteiger partial charge in [0.2, 0.25) is 5.75 Å². The molecule has 1 heterocycles. The highest BCUT2D eigenvalue weighted by Crippen LogP contribution is 2.34. The van der Waals surface area contributed by atoms with Gasteiger partial charge in [-0.05, 0) is 26.0 Å². The molecule has 0 atom stereocenters. The Bertz CT molecular complexity index is 629. The second-order valence-electron chi connectivity index (χ2n) is 4.19. The largest absolute Gasteiger partial charge is 0.450 e. The number of aromatic nitrogens is 1. The molecule has 1 N–H and O–H groups in total. The zero-order chi connectivity index (χ0) is 14.5. The zero-order valence-corrected chi connectivity index (χ0v) is 11.3. The van der Waals surface area contributed by atoms with E-state index in [1.54, 1.807) is 43.5 Å². The number of para-hydroxylation sites is 1. The first-order chi connectivity index (χ1) is 9.61. The van der Waals surface area contributed by atoms with Crippen LogP contribution in [-0.2, 0) is 0 Å². The monoisotopic (exact) mass is 273 g/mol. The summed E-state index contributed by atoms with van der Waals surface area (Å²) in [5, 5.41) is 14.2. The van der Waals surface area contributed by atoms with E-state index in [0.717, 1.165) is 6.54 Å². The maximum atomic E-state index is 11.1. The van der Waals surface area contributed by atoms with Crippen LogP contribution < -0.4 is 10.1 Å². The minimum atomic E-state index is -0.433. The summed E-state index contributed by atoms with van der Waals surface area (Å²) in [6, 6.07) is 8.35. The van der Waals surface area contributed by atoms with Gasteiger partial charge in [-0.25, -0.2) is 4.98 Å². The van der Waals surface area contributed by atoms with Gasteiger partial charge in [0.25, 0.3) is 0 Å². The SMILES string of the molecule is CCNc1cc(Oc2cccc(C)c2[N+](=O)[O-])ccn1. The molecule has 0 unspecified atom stereocenters. The van der Waals surface area contributed by atoms with Crippen LogP contribution in [-0.4, -0.2) is 16.5 Å². The van der Waals surface area contributed by atoms with Gasteiger partial charge in [-0.3, -0.25) is 10.1 Å². The van der Waals surface area contributed by atoms with Gasteiger partial charge in [0.15, 0.2) is 0 Å². The van der Waals surface area contributed by atoms with Crippen LogP contribution in [0.3, 0.4) is 0 Å². The molecule has 0 saturated carbocycles. The van der Waals surface area contributed by atoms with Crippen molar-refractivity contribution >= 4 is 11.5 Å². The van der Waals surface area contributed by atoms with Crippen LogP contribution in [0, 0.1) is 17.0 Å². The van der Waals surface area contributed by atoms with Gasteiger partial charge in [-0.1, -0.05) is 12.1 Å². The molecule has 2 rings (SSSR count). The lowest BCUT2D eigenvalue weighted by Crippen LogP contribution is -1.99. The topological polar surface area (TPSA) is 77.3 Å². The van der Waals surface area contributed by atoms with E-state index in [2.05, 4.69) is 10.3 Å². The number of hydrogen-bond donors (Lipinski definition) is 1. The molecule has 1 aromatic heterocycles. The van der Waals surface area contributed by atoms with Crippen LogP contribution in [0.1, 0.15) is 12.5 Å². The van der Waals surface area contributed by atoms with Crippen LogP contribution in [0.15, 0.2) is 36.5 Å². The summed E-state index contributed by atoms with van der Waals surface area (Å²) >= 11 is 0. The highest BCUT2D eigenvalue weighted by atomic mass is 16.6. The Hall–Kier alpha value is -2.63. The van der Waals surface area contributed by atoms with Gasteiger partial charge in [-0.2, -0.15) is 0 Å². The van der Waals surface area contributed by atoms with Crippen molar-refractivity contribution in [2.24, 2.45) is 0 Å². The molecule has 0 spiro atoms. The summed E-state index contributed by atoms with van der Waals surface area (Å²) in [4.78, 5) is 14.8. The quantitative estimate of drug-likeness (QED) is 0.666. The van der Waals surface area contributed by atoms with Crippen molar-refractivity contribution in [3.8, 4) is 11.5 Å². The molecule has 0 fully saturated rings. The molecule has 0 aliphatic carbocycles. The highest BCUT2D eigenvalue weighted by molar-refractivity contribution is 5.54. The van der Waals surface area contributed by atoms with Crippen molar-refractivity contribution in [3.05, 3.63) is 52.2 Å². The summed E-state index contributed by atoms with van der Waals surface area (Å²) in [6.07, 6.45) is 1.59. The van der Waals surface area contributed by atoms with Crippen LogP contribution in [0.25, 0.3) is 0 Å². The number of ether oxygens (including phenoxy) is 1. The molecule has 0 aliphatic rings. The van der Waals surface area contributed by atoms with Gasteiger partial charge in [-0.15, -0.1) is 0 Å². The van der Waals surface area contributed by atoms with Gasteiger partial charge in [0.1, 0.15) is 11.6 Å². The van der Waals surface area contributed by atoms with Gasteiger partial charge in [0, 0.05) is 24.4 Å². The number of nitrogens with one attached hydrogen (secondary N) is 1. The summed E-state index contributed by atoms with van der Waals surface area (Å²) in [7, 11) is 0. The average Bonchev–Trinajstić information content (AvgIpc) is 2.39. The number of rotatable bonds is 5. The number of pyridine rings is 1. The third-order valence-corrected chi connectivity index (χ3v) is 2.70. The molecule has 0 amide bonds. The molecule has 6 nitrogen and oxygen atoms in total. The summed E-state index contributed by atoms with van der Waals surface area (Å²) in [5.74, 6) is 1.40. The van der Waals surface area contributed by atoms with Crippen molar-refractivity contribution < 1.29 is 9.66 Å². The lowest BCUT2D eigenvalue weighted by molar-refractivity contribution is -0.386. The van der Waals surface area contributed by atoms with E-state index in [9.17, 15) is 10.1 Å². The molecular formula is C14H15N3O3. The Morgan fingerprint density at radius 3 is 2.90 bits per heavy atom. The first-order valence-corrected chi connectivity index (χ1v) is 6.23. The smallest absolute Gasteiger partial charge is 0.314 e. The normalized spacial score (nSPS) is 10.1. The number of anilines is 1. The summed E-state index contributed by atoms with van der Waals surface area (Å²) < 4.78 is 5.62. The Labute approximate surface area is 116 Å². The minimum absolute atomic E-state index is 0.0192.